The molecule has 0 aliphatic carbocycles. The van der Waals surface area contributed by atoms with E-state index >= 15 is 0 Å². The average Bonchev–Trinajstić information content (AvgIpc) is 2.35. The molecule has 0 bridgehead atoms. The van der Waals surface area contributed by atoms with Gasteiger partial charge in [-0.15, -0.1) is 0 Å². The van der Waals surface area contributed by atoms with Gasteiger partial charge < -0.3 is 4.74 Å². The van der Waals surface area contributed by atoms with Gasteiger partial charge in [0.1, 0.15) is 6.54 Å². The molecular formula is C9H9FN2O6S. The molecule has 1 rings (SSSR count). The topological polar surface area (TPSA) is 116 Å². The van der Waals surface area contributed by atoms with Crippen LogP contribution in [0.15, 0.2) is 23.1 Å². The molecule has 0 fully saturated rings. The SMILES string of the molecule is COC(=O)CNS(=O)(=O)c1cccc(F)c1[N+](=O)[O-]. The van der Waals surface area contributed by atoms with Crippen molar-refractivity contribution in [3.63, 3.8) is 0 Å². The lowest BCUT2D eigenvalue weighted by molar-refractivity contribution is -0.390. The number of sulfonamides is 1. The van der Waals surface area contributed by atoms with Gasteiger partial charge in [-0.2, -0.15) is 9.11 Å². The first-order chi connectivity index (χ1) is 8.79. The van der Waals surface area contributed by atoms with Crippen LogP contribution >= 0.6 is 0 Å². The van der Waals surface area contributed by atoms with Crippen molar-refractivity contribution in [3.05, 3.63) is 34.1 Å². The lowest BCUT2D eigenvalue weighted by atomic mass is 10.3. The predicted molar refractivity (Wildman–Crippen MR) is 60.3 cm³/mol. The third-order valence-corrected chi connectivity index (χ3v) is 3.49. The fourth-order valence-electron chi connectivity index (χ4n) is 1.19. The second kappa shape index (κ2) is 5.71. The number of carbonyl (C=O) groups is 1. The van der Waals surface area contributed by atoms with Gasteiger partial charge in [-0.3, -0.25) is 14.9 Å². The van der Waals surface area contributed by atoms with E-state index < -0.39 is 43.9 Å². The maximum Gasteiger partial charge on any atom is 0.324 e. The van der Waals surface area contributed by atoms with Crippen molar-refractivity contribution < 1.29 is 27.3 Å². The van der Waals surface area contributed by atoms with Crippen molar-refractivity contribution in [1.82, 2.24) is 4.72 Å². The van der Waals surface area contributed by atoms with E-state index in [1.54, 1.807) is 4.72 Å². The zero-order chi connectivity index (χ0) is 14.6. The number of esters is 1. The summed E-state index contributed by atoms with van der Waals surface area (Å²) in [6.45, 7) is -0.716. The Kier molecular flexibility index (Phi) is 4.51. The number of rotatable bonds is 5. The number of nitrogens with zero attached hydrogens (tertiary/aromatic N) is 1. The van der Waals surface area contributed by atoms with Crippen LogP contribution in [0.4, 0.5) is 10.1 Å². The van der Waals surface area contributed by atoms with Crippen molar-refractivity contribution in [2.24, 2.45) is 0 Å². The second-order valence-corrected chi connectivity index (χ2v) is 4.98. The van der Waals surface area contributed by atoms with Gasteiger partial charge in [0, 0.05) is 0 Å². The highest BCUT2D eigenvalue weighted by atomic mass is 32.2. The standard InChI is InChI=1S/C9H9FN2O6S/c1-18-8(13)5-11-19(16,17)7-4-2-3-6(10)9(7)12(14)15/h2-4,11H,5H2,1H3. The van der Waals surface area contributed by atoms with E-state index in [1.807, 2.05) is 0 Å². The van der Waals surface area contributed by atoms with E-state index in [-0.39, 0.29) is 0 Å². The van der Waals surface area contributed by atoms with E-state index in [9.17, 15) is 27.7 Å². The first-order valence-electron chi connectivity index (χ1n) is 4.79. The van der Waals surface area contributed by atoms with Crippen molar-refractivity contribution in [3.8, 4) is 0 Å². The summed E-state index contributed by atoms with van der Waals surface area (Å²) in [6, 6.07) is 2.63. The Labute approximate surface area is 107 Å². The molecule has 0 saturated heterocycles. The van der Waals surface area contributed by atoms with Gasteiger partial charge in [0.05, 0.1) is 12.0 Å². The lowest BCUT2D eigenvalue weighted by Gasteiger charge is -2.06. The van der Waals surface area contributed by atoms with E-state index in [4.69, 9.17) is 0 Å². The maximum atomic E-state index is 13.3. The van der Waals surface area contributed by atoms with Crippen molar-refractivity contribution in [2.75, 3.05) is 13.7 Å². The summed E-state index contributed by atoms with van der Waals surface area (Å²) >= 11 is 0. The molecular weight excluding hydrogens is 283 g/mol. The number of para-hydroxylation sites is 1. The van der Waals surface area contributed by atoms with Gasteiger partial charge in [-0.05, 0) is 12.1 Å². The third-order valence-electron chi connectivity index (χ3n) is 2.06. The summed E-state index contributed by atoms with van der Waals surface area (Å²) < 4.78 is 42.7. The minimum Gasteiger partial charge on any atom is -0.468 e. The second-order valence-electron chi connectivity index (χ2n) is 3.24. The third kappa shape index (κ3) is 3.45. The molecule has 0 saturated carbocycles. The van der Waals surface area contributed by atoms with Crippen molar-refractivity contribution >= 4 is 21.7 Å². The van der Waals surface area contributed by atoms with Crippen LogP contribution in [0, 0.1) is 15.9 Å². The highest BCUT2D eigenvalue weighted by Gasteiger charge is 2.29. The first kappa shape index (κ1) is 15.0. The molecule has 104 valence electrons. The van der Waals surface area contributed by atoms with Crippen molar-refractivity contribution in [2.45, 2.75) is 4.90 Å². The zero-order valence-electron chi connectivity index (χ0n) is 9.62. The van der Waals surface area contributed by atoms with Gasteiger partial charge in [0.25, 0.3) is 0 Å². The van der Waals surface area contributed by atoms with Crippen molar-refractivity contribution in [1.29, 1.82) is 0 Å². The molecule has 8 nitrogen and oxygen atoms in total. The predicted octanol–water partition coefficient (Wildman–Crippen LogP) is 0.185. The Hall–Kier alpha value is -2.07. The Bertz CT molecular complexity index is 615. The molecule has 1 aromatic rings. The molecule has 0 spiro atoms. The maximum absolute atomic E-state index is 13.3. The molecule has 0 aliphatic rings. The highest BCUT2D eigenvalue weighted by molar-refractivity contribution is 7.89. The van der Waals surface area contributed by atoms with Crippen LogP contribution in [0.2, 0.25) is 0 Å². The summed E-state index contributed by atoms with van der Waals surface area (Å²) in [5.41, 5.74) is -1.18. The fourth-order valence-corrected chi connectivity index (χ4v) is 2.34. The van der Waals surface area contributed by atoms with E-state index in [0.717, 1.165) is 25.3 Å². The van der Waals surface area contributed by atoms with Gasteiger partial charge in [0.2, 0.25) is 15.8 Å². The normalized spacial score (nSPS) is 11.1. The van der Waals surface area contributed by atoms with Gasteiger partial charge in [-0.1, -0.05) is 6.07 Å². The first-order valence-corrected chi connectivity index (χ1v) is 6.27. The number of nitro groups is 1. The summed E-state index contributed by atoms with van der Waals surface area (Å²) in [5, 5.41) is 10.7. The molecule has 10 heteroatoms. The van der Waals surface area contributed by atoms with E-state index in [0.29, 0.717) is 0 Å². The minimum absolute atomic E-state index is 0.716. The number of hydrogen-bond acceptors (Lipinski definition) is 6. The van der Waals surface area contributed by atoms with Crippen LogP contribution in [0.3, 0.4) is 0 Å². The van der Waals surface area contributed by atoms with Crippen LogP contribution in [-0.4, -0.2) is 33.0 Å². The Morgan fingerprint density at radius 3 is 2.68 bits per heavy atom. The van der Waals surface area contributed by atoms with Gasteiger partial charge in [0.15, 0.2) is 4.90 Å². The summed E-state index contributed by atoms with van der Waals surface area (Å²) in [7, 11) is -3.35. The monoisotopic (exact) mass is 292 g/mol. The van der Waals surface area contributed by atoms with Crippen LogP contribution in [-0.2, 0) is 19.6 Å². The Morgan fingerprint density at radius 1 is 1.53 bits per heavy atom. The van der Waals surface area contributed by atoms with Gasteiger partial charge in [-0.25, -0.2) is 8.42 Å². The number of hydrogen-bond donors (Lipinski definition) is 1. The van der Waals surface area contributed by atoms with Gasteiger partial charge >= 0.3 is 11.7 Å². The van der Waals surface area contributed by atoms with E-state index in [2.05, 4.69) is 4.74 Å². The number of ether oxygens (including phenoxy) is 1. The van der Waals surface area contributed by atoms with Crippen LogP contribution in [0.5, 0.6) is 0 Å². The van der Waals surface area contributed by atoms with Crippen LogP contribution < -0.4 is 4.72 Å². The molecule has 0 aliphatic heterocycles. The summed E-state index contributed by atoms with van der Waals surface area (Å²) in [5.74, 6) is -2.17. The average molecular weight is 292 g/mol. The molecule has 0 radical (unpaired) electrons. The fraction of sp³-hybridized carbons (Fsp3) is 0.222. The highest BCUT2D eigenvalue weighted by Crippen LogP contribution is 2.26. The zero-order valence-corrected chi connectivity index (χ0v) is 10.4. The molecule has 19 heavy (non-hydrogen) atoms. The number of methoxy groups -OCH3 is 1. The number of nitrogens with one attached hydrogen (secondary N) is 1. The minimum atomic E-state index is -4.40. The van der Waals surface area contributed by atoms with Crippen LogP contribution in [0.1, 0.15) is 0 Å². The Morgan fingerprint density at radius 2 is 2.16 bits per heavy atom. The number of nitro benzene ring substituents is 1. The lowest BCUT2D eigenvalue weighted by Crippen LogP contribution is -2.30. The molecule has 0 amide bonds. The van der Waals surface area contributed by atoms with E-state index in [1.165, 1.54) is 0 Å². The number of carbonyl (C=O) groups excluding carboxylic acids is 1. The molecule has 0 atom stereocenters. The molecule has 0 unspecified atom stereocenters. The molecule has 0 aromatic heterocycles. The number of benzene rings is 1. The molecule has 0 heterocycles. The molecule has 1 N–H and O–H groups in total. The largest absolute Gasteiger partial charge is 0.468 e. The molecule has 1 aromatic carbocycles. The summed E-state index contributed by atoms with van der Waals surface area (Å²) in [4.78, 5) is 19.5. The Balaban J connectivity index is 3.19. The summed E-state index contributed by atoms with van der Waals surface area (Å²) in [6.07, 6.45) is 0. The number of halogens is 1. The smallest absolute Gasteiger partial charge is 0.324 e. The quantitative estimate of drug-likeness (QED) is 0.470. The van der Waals surface area contributed by atoms with Crippen LogP contribution in [0.25, 0.3) is 0 Å².